The molecular formula is C19H25N3O4S. The summed E-state index contributed by atoms with van der Waals surface area (Å²) in [4.78, 5) is 4.79. The van der Waals surface area contributed by atoms with E-state index < -0.39 is 10.0 Å². The normalized spacial score (nSPS) is 30.2. The fourth-order valence-electron chi connectivity index (χ4n) is 4.47. The largest absolute Gasteiger partial charge is 0.393 e. The summed E-state index contributed by atoms with van der Waals surface area (Å²) in [7, 11) is -3.69. The Balaban J connectivity index is 1.53. The number of hydrogen-bond donors (Lipinski definition) is 2. The molecule has 1 heterocycles. The van der Waals surface area contributed by atoms with Crippen molar-refractivity contribution in [2.24, 2.45) is 10.6 Å². The van der Waals surface area contributed by atoms with Crippen molar-refractivity contribution in [2.75, 3.05) is 0 Å². The summed E-state index contributed by atoms with van der Waals surface area (Å²) in [6.45, 7) is 4.31. The second-order valence-electron chi connectivity index (χ2n) is 8.39. The molecule has 0 aliphatic heterocycles. The van der Waals surface area contributed by atoms with E-state index in [1.165, 1.54) is 0 Å². The highest BCUT2D eigenvalue weighted by molar-refractivity contribution is 7.89. The summed E-state index contributed by atoms with van der Waals surface area (Å²) < 4.78 is 28.4. The smallest absolute Gasteiger partial charge is 0.238 e. The highest BCUT2D eigenvalue weighted by atomic mass is 32.2. The number of aliphatic hydroxyl groups is 1. The highest BCUT2D eigenvalue weighted by Crippen LogP contribution is 2.69. The van der Waals surface area contributed by atoms with Crippen LogP contribution in [0, 0.1) is 5.41 Å². The lowest BCUT2D eigenvalue weighted by Gasteiger charge is -2.22. The minimum absolute atomic E-state index is 0.0347. The Morgan fingerprint density at radius 1 is 1.11 bits per heavy atom. The zero-order valence-electron chi connectivity index (χ0n) is 15.5. The Hall–Kier alpha value is -1.77. The van der Waals surface area contributed by atoms with Gasteiger partial charge in [0.05, 0.1) is 11.0 Å². The Labute approximate surface area is 159 Å². The van der Waals surface area contributed by atoms with E-state index in [1.54, 1.807) is 12.1 Å². The summed E-state index contributed by atoms with van der Waals surface area (Å²) in [5, 5.41) is 19.1. The molecule has 1 aromatic carbocycles. The summed E-state index contributed by atoms with van der Waals surface area (Å²) in [6.07, 6.45) is 3.08. The van der Waals surface area contributed by atoms with E-state index in [0.717, 1.165) is 31.2 Å². The summed E-state index contributed by atoms with van der Waals surface area (Å²) >= 11 is 0. The lowest BCUT2D eigenvalue weighted by Crippen LogP contribution is -2.17. The van der Waals surface area contributed by atoms with Crippen LogP contribution in [0.15, 0.2) is 33.7 Å². The van der Waals surface area contributed by atoms with E-state index in [0.29, 0.717) is 11.7 Å². The fraction of sp³-hybridized carbons (Fsp3) is 0.579. The number of nitrogens with two attached hydrogens (primary N) is 1. The van der Waals surface area contributed by atoms with Gasteiger partial charge in [-0.25, -0.2) is 13.6 Å². The van der Waals surface area contributed by atoms with Gasteiger partial charge >= 0.3 is 0 Å². The molecule has 0 radical (unpaired) electrons. The lowest BCUT2D eigenvalue weighted by molar-refractivity contribution is 0.116. The van der Waals surface area contributed by atoms with Gasteiger partial charge in [0.2, 0.25) is 15.9 Å². The molecule has 3 N–H and O–H groups in total. The molecule has 0 bridgehead atoms. The average molecular weight is 391 g/mol. The molecule has 2 aromatic rings. The number of primary sulfonamides is 1. The van der Waals surface area contributed by atoms with Crippen LogP contribution in [0.3, 0.4) is 0 Å². The van der Waals surface area contributed by atoms with Crippen LogP contribution in [-0.4, -0.2) is 29.8 Å². The molecule has 2 atom stereocenters. The first-order valence-corrected chi connectivity index (χ1v) is 10.9. The number of sulfonamides is 1. The van der Waals surface area contributed by atoms with Crippen LogP contribution in [-0.2, 0) is 10.0 Å². The van der Waals surface area contributed by atoms with Crippen LogP contribution in [0.25, 0.3) is 0 Å². The van der Waals surface area contributed by atoms with Crippen LogP contribution in [0.2, 0.25) is 0 Å². The van der Waals surface area contributed by atoms with Crippen LogP contribution in [0.4, 0.5) is 0 Å². The topological polar surface area (TPSA) is 119 Å². The first kappa shape index (κ1) is 18.6. The lowest BCUT2D eigenvalue weighted by atomic mass is 9.87. The van der Waals surface area contributed by atoms with E-state index in [1.807, 2.05) is 12.1 Å². The van der Waals surface area contributed by atoms with Crippen molar-refractivity contribution in [3.63, 3.8) is 0 Å². The van der Waals surface area contributed by atoms with Crippen LogP contribution < -0.4 is 5.14 Å². The number of aromatic nitrogens is 2. The third-order valence-electron chi connectivity index (χ3n) is 6.18. The number of nitrogens with zero attached hydrogens (tertiary/aromatic N) is 2. The van der Waals surface area contributed by atoms with Gasteiger partial charge in [0.1, 0.15) is 0 Å². The molecule has 0 unspecified atom stereocenters. The molecule has 0 spiro atoms. The third-order valence-corrected chi connectivity index (χ3v) is 7.11. The van der Waals surface area contributed by atoms with Gasteiger partial charge in [0.15, 0.2) is 5.82 Å². The average Bonchev–Trinajstić information content (AvgIpc) is 2.94. The zero-order valence-corrected chi connectivity index (χ0v) is 16.3. The first-order chi connectivity index (χ1) is 12.7. The quantitative estimate of drug-likeness (QED) is 0.827. The van der Waals surface area contributed by atoms with E-state index in [-0.39, 0.29) is 34.2 Å². The van der Waals surface area contributed by atoms with Crippen molar-refractivity contribution in [1.82, 2.24) is 10.1 Å². The Morgan fingerprint density at radius 2 is 1.74 bits per heavy atom. The van der Waals surface area contributed by atoms with E-state index in [9.17, 15) is 13.5 Å². The van der Waals surface area contributed by atoms with Crippen molar-refractivity contribution >= 4 is 10.0 Å². The maximum atomic E-state index is 11.4. The molecule has 146 valence electrons. The summed E-state index contributed by atoms with van der Waals surface area (Å²) in [5.41, 5.74) is 1.01. The SMILES string of the molecule is CC1(C)[C@@H](c2ccc(S(N)(=O)=O)cc2)[C@@H]1c1noc(C2CCC(O)CC2)n1. The maximum absolute atomic E-state index is 11.4. The summed E-state index contributed by atoms with van der Waals surface area (Å²) in [5.74, 6) is 1.93. The second-order valence-corrected chi connectivity index (χ2v) is 9.95. The van der Waals surface area contributed by atoms with E-state index in [2.05, 4.69) is 24.0 Å². The monoisotopic (exact) mass is 391 g/mol. The standard InChI is InChI=1S/C19H25N3O4S/c1-19(2)15(11-5-9-14(10-6-11)27(20,24)25)16(19)17-21-18(26-22-17)12-3-7-13(23)8-4-12/h5-6,9-10,12-13,15-16,23H,3-4,7-8H2,1-2H3,(H2,20,24,25)/t12?,13?,15-,16+/m0/s1. The van der Waals surface area contributed by atoms with Gasteiger partial charge in [-0.15, -0.1) is 0 Å². The maximum Gasteiger partial charge on any atom is 0.238 e. The molecule has 4 rings (SSSR count). The molecule has 7 nitrogen and oxygen atoms in total. The molecule has 1 aromatic heterocycles. The van der Waals surface area contributed by atoms with Gasteiger partial charge in [-0.1, -0.05) is 31.1 Å². The van der Waals surface area contributed by atoms with Crippen LogP contribution in [0.5, 0.6) is 0 Å². The van der Waals surface area contributed by atoms with Gasteiger partial charge < -0.3 is 9.63 Å². The van der Waals surface area contributed by atoms with Crippen molar-refractivity contribution < 1.29 is 18.0 Å². The molecule has 0 saturated heterocycles. The predicted molar refractivity (Wildman–Crippen MR) is 98.6 cm³/mol. The summed E-state index contributed by atoms with van der Waals surface area (Å²) in [6, 6.07) is 6.72. The van der Waals surface area contributed by atoms with E-state index >= 15 is 0 Å². The molecule has 27 heavy (non-hydrogen) atoms. The van der Waals surface area contributed by atoms with Gasteiger partial charge in [0.25, 0.3) is 0 Å². The molecule has 8 heteroatoms. The Kier molecular flexibility index (Phi) is 4.40. The number of hydrogen-bond acceptors (Lipinski definition) is 6. The zero-order chi connectivity index (χ0) is 19.4. The first-order valence-electron chi connectivity index (χ1n) is 9.32. The van der Waals surface area contributed by atoms with Crippen molar-refractivity contribution in [3.05, 3.63) is 41.5 Å². The van der Waals surface area contributed by atoms with Gasteiger partial charge in [-0.05, 0) is 48.8 Å². The number of benzene rings is 1. The number of aliphatic hydroxyl groups excluding tert-OH is 1. The third kappa shape index (κ3) is 3.41. The molecule has 2 fully saturated rings. The molecule has 2 aliphatic carbocycles. The fourth-order valence-corrected chi connectivity index (χ4v) is 4.98. The van der Waals surface area contributed by atoms with Crippen LogP contribution in [0.1, 0.15) is 74.6 Å². The van der Waals surface area contributed by atoms with Gasteiger partial charge in [-0.3, -0.25) is 0 Å². The predicted octanol–water partition coefficient (Wildman–Crippen LogP) is 2.64. The minimum Gasteiger partial charge on any atom is -0.393 e. The molecule has 2 aliphatic rings. The van der Waals surface area contributed by atoms with Crippen molar-refractivity contribution in [2.45, 2.75) is 68.3 Å². The van der Waals surface area contributed by atoms with E-state index in [4.69, 9.17) is 9.66 Å². The molecule has 0 amide bonds. The highest BCUT2D eigenvalue weighted by Gasteiger charge is 2.61. The van der Waals surface area contributed by atoms with Crippen molar-refractivity contribution in [1.29, 1.82) is 0 Å². The molecular weight excluding hydrogens is 366 g/mol. The Bertz CT molecular complexity index is 928. The van der Waals surface area contributed by atoms with Crippen molar-refractivity contribution in [3.8, 4) is 0 Å². The van der Waals surface area contributed by atoms with Crippen LogP contribution >= 0.6 is 0 Å². The Morgan fingerprint density at radius 3 is 2.33 bits per heavy atom. The number of rotatable bonds is 4. The second kappa shape index (κ2) is 6.39. The van der Waals surface area contributed by atoms with Gasteiger partial charge in [-0.2, -0.15) is 4.98 Å². The molecule has 2 saturated carbocycles. The van der Waals surface area contributed by atoms with Gasteiger partial charge in [0, 0.05) is 17.8 Å². The minimum atomic E-state index is -3.69.